The SMILES string of the molecule is c1ccc(CN2COC[C@H]3CCCC[C@@H]32)cc1. The van der Waals surface area contributed by atoms with Gasteiger partial charge in [0.05, 0.1) is 13.3 Å². The maximum Gasteiger partial charge on any atom is 0.0995 e. The molecule has 0 unspecified atom stereocenters. The highest BCUT2D eigenvalue weighted by Crippen LogP contribution is 2.32. The number of ether oxygens (including phenoxy) is 1. The first-order chi connectivity index (χ1) is 8.43. The summed E-state index contributed by atoms with van der Waals surface area (Å²) in [5.74, 6) is 0.779. The third kappa shape index (κ3) is 2.53. The third-order valence-electron chi connectivity index (χ3n) is 4.16. The summed E-state index contributed by atoms with van der Waals surface area (Å²) < 4.78 is 5.75. The summed E-state index contributed by atoms with van der Waals surface area (Å²) in [6, 6.07) is 11.5. The molecule has 1 saturated carbocycles. The van der Waals surface area contributed by atoms with Crippen LogP contribution in [-0.4, -0.2) is 24.3 Å². The molecule has 1 saturated heterocycles. The van der Waals surface area contributed by atoms with Crippen molar-refractivity contribution in [3.8, 4) is 0 Å². The van der Waals surface area contributed by atoms with Gasteiger partial charge < -0.3 is 4.74 Å². The molecule has 0 bridgehead atoms. The van der Waals surface area contributed by atoms with Crippen molar-refractivity contribution in [1.82, 2.24) is 4.90 Å². The first-order valence-corrected chi connectivity index (χ1v) is 6.79. The van der Waals surface area contributed by atoms with Gasteiger partial charge in [-0.3, -0.25) is 4.90 Å². The van der Waals surface area contributed by atoms with E-state index in [4.69, 9.17) is 4.74 Å². The van der Waals surface area contributed by atoms with Crippen molar-refractivity contribution in [3.05, 3.63) is 35.9 Å². The maximum absolute atomic E-state index is 5.75. The van der Waals surface area contributed by atoms with E-state index in [-0.39, 0.29) is 0 Å². The van der Waals surface area contributed by atoms with Crippen LogP contribution >= 0.6 is 0 Å². The molecule has 0 aromatic heterocycles. The first-order valence-electron chi connectivity index (χ1n) is 6.79. The summed E-state index contributed by atoms with van der Waals surface area (Å²) >= 11 is 0. The van der Waals surface area contributed by atoms with E-state index in [9.17, 15) is 0 Å². The molecular formula is C15H21NO. The lowest BCUT2D eigenvalue weighted by atomic mass is 9.83. The summed E-state index contributed by atoms with van der Waals surface area (Å²) in [6.45, 7) is 2.84. The van der Waals surface area contributed by atoms with Gasteiger partial charge in [-0.25, -0.2) is 0 Å². The Kier molecular flexibility index (Phi) is 3.44. The molecule has 3 rings (SSSR count). The molecule has 92 valence electrons. The van der Waals surface area contributed by atoms with Crippen molar-refractivity contribution >= 4 is 0 Å². The zero-order valence-corrected chi connectivity index (χ0v) is 10.3. The minimum absolute atomic E-state index is 0.762. The molecule has 2 nitrogen and oxygen atoms in total. The molecule has 1 aliphatic carbocycles. The average Bonchev–Trinajstić information content (AvgIpc) is 2.40. The van der Waals surface area contributed by atoms with Crippen LogP contribution in [0.4, 0.5) is 0 Å². The van der Waals surface area contributed by atoms with Gasteiger partial charge in [-0.05, 0) is 24.3 Å². The third-order valence-corrected chi connectivity index (χ3v) is 4.16. The summed E-state index contributed by atoms with van der Waals surface area (Å²) in [5, 5.41) is 0. The number of nitrogens with zero attached hydrogens (tertiary/aromatic N) is 1. The molecular weight excluding hydrogens is 210 g/mol. The van der Waals surface area contributed by atoms with E-state index in [1.165, 1.54) is 31.2 Å². The highest BCUT2D eigenvalue weighted by atomic mass is 16.5. The summed E-state index contributed by atoms with van der Waals surface area (Å²) in [7, 11) is 0. The zero-order chi connectivity index (χ0) is 11.5. The Bertz CT molecular complexity index is 349. The van der Waals surface area contributed by atoms with Gasteiger partial charge in [0.1, 0.15) is 0 Å². The lowest BCUT2D eigenvalue weighted by Gasteiger charge is -2.43. The lowest BCUT2D eigenvalue weighted by molar-refractivity contribution is -0.0999. The Hall–Kier alpha value is -0.860. The van der Waals surface area contributed by atoms with E-state index < -0.39 is 0 Å². The quantitative estimate of drug-likeness (QED) is 0.775. The van der Waals surface area contributed by atoms with E-state index in [1.807, 2.05) is 0 Å². The van der Waals surface area contributed by atoms with Crippen molar-refractivity contribution in [1.29, 1.82) is 0 Å². The number of rotatable bonds is 2. The highest BCUT2D eigenvalue weighted by Gasteiger charge is 2.33. The predicted molar refractivity (Wildman–Crippen MR) is 68.6 cm³/mol. The van der Waals surface area contributed by atoms with Gasteiger partial charge in [0, 0.05) is 12.6 Å². The number of hydrogen-bond donors (Lipinski definition) is 0. The normalized spacial score (nSPS) is 29.9. The van der Waals surface area contributed by atoms with E-state index >= 15 is 0 Å². The molecule has 0 N–H and O–H groups in total. The predicted octanol–water partition coefficient (Wildman–Crippen LogP) is 3.04. The van der Waals surface area contributed by atoms with Crippen molar-refractivity contribution in [3.63, 3.8) is 0 Å². The summed E-state index contributed by atoms with van der Waals surface area (Å²) in [4.78, 5) is 2.53. The number of benzene rings is 1. The molecule has 0 spiro atoms. The van der Waals surface area contributed by atoms with Crippen LogP contribution in [0.15, 0.2) is 30.3 Å². The number of hydrogen-bond acceptors (Lipinski definition) is 2. The Morgan fingerprint density at radius 2 is 1.94 bits per heavy atom. The van der Waals surface area contributed by atoms with Gasteiger partial charge in [0.15, 0.2) is 0 Å². The largest absolute Gasteiger partial charge is 0.366 e. The Morgan fingerprint density at radius 3 is 2.82 bits per heavy atom. The van der Waals surface area contributed by atoms with Gasteiger partial charge in [-0.2, -0.15) is 0 Å². The van der Waals surface area contributed by atoms with E-state index in [2.05, 4.69) is 35.2 Å². The Labute approximate surface area is 104 Å². The molecule has 0 amide bonds. The van der Waals surface area contributed by atoms with Crippen LogP contribution in [0, 0.1) is 5.92 Å². The molecule has 2 fully saturated rings. The Balaban J connectivity index is 1.69. The molecule has 1 aliphatic heterocycles. The summed E-state index contributed by atoms with van der Waals surface area (Å²) in [5.41, 5.74) is 1.40. The fourth-order valence-corrected chi connectivity index (χ4v) is 3.26. The summed E-state index contributed by atoms with van der Waals surface area (Å²) in [6.07, 6.45) is 5.51. The first kappa shape index (κ1) is 11.2. The fourth-order valence-electron chi connectivity index (χ4n) is 3.26. The molecule has 2 atom stereocenters. The van der Waals surface area contributed by atoms with Gasteiger partial charge in [0.25, 0.3) is 0 Å². The van der Waals surface area contributed by atoms with Gasteiger partial charge in [0.2, 0.25) is 0 Å². The molecule has 0 radical (unpaired) electrons. The van der Waals surface area contributed by atoms with Gasteiger partial charge in [-0.15, -0.1) is 0 Å². The van der Waals surface area contributed by atoms with Crippen LogP contribution in [0.3, 0.4) is 0 Å². The molecule has 2 aliphatic rings. The fraction of sp³-hybridized carbons (Fsp3) is 0.600. The second-order valence-corrected chi connectivity index (χ2v) is 5.34. The molecule has 1 aromatic carbocycles. The van der Waals surface area contributed by atoms with Crippen LogP contribution in [0.1, 0.15) is 31.2 Å². The zero-order valence-electron chi connectivity index (χ0n) is 10.3. The Morgan fingerprint density at radius 1 is 1.12 bits per heavy atom. The van der Waals surface area contributed by atoms with Crippen LogP contribution in [-0.2, 0) is 11.3 Å². The van der Waals surface area contributed by atoms with Crippen molar-refractivity contribution in [2.45, 2.75) is 38.3 Å². The van der Waals surface area contributed by atoms with E-state index in [0.717, 1.165) is 31.8 Å². The maximum atomic E-state index is 5.75. The number of fused-ring (bicyclic) bond motifs is 1. The smallest absolute Gasteiger partial charge is 0.0995 e. The topological polar surface area (TPSA) is 12.5 Å². The molecule has 1 aromatic rings. The van der Waals surface area contributed by atoms with Crippen LogP contribution in [0.25, 0.3) is 0 Å². The van der Waals surface area contributed by atoms with Crippen LogP contribution in [0.5, 0.6) is 0 Å². The second kappa shape index (κ2) is 5.19. The monoisotopic (exact) mass is 231 g/mol. The standard InChI is InChI=1S/C15H21NO/c1-2-6-13(7-3-1)10-16-12-17-11-14-8-4-5-9-15(14)16/h1-3,6-7,14-15H,4-5,8-12H2/t14-,15+/m1/s1. The lowest BCUT2D eigenvalue weighted by Crippen LogP contribution is -2.49. The molecule has 17 heavy (non-hydrogen) atoms. The van der Waals surface area contributed by atoms with E-state index in [1.54, 1.807) is 0 Å². The average molecular weight is 231 g/mol. The van der Waals surface area contributed by atoms with Crippen molar-refractivity contribution in [2.75, 3.05) is 13.3 Å². The van der Waals surface area contributed by atoms with E-state index in [0.29, 0.717) is 0 Å². The highest BCUT2D eigenvalue weighted by molar-refractivity contribution is 5.14. The minimum Gasteiger partial charge on any atom is -0.366 e. The second-order valence-electron chi connectivity index (χ2n) is 5.34. The van der Waals surface area contributed by atoms with Crippen molar-refractivity contribution in [2.24, 2.45) is 5.92 Å². The van der Waals surface area contributed by atoms with Crippen LogP contribution in [0.2, 0.25) is 0 Å². The molecule has 1 heterocycles. The van der Waals surface area contributed by atoms with Gasteiger partial charge in [-0.1, -0.05) is 43.2 Å². The van der Waals surface area contributed by atoms with Gasteiger partial charge >= 0.3 is 0 Å². The molecule has 2 heteroatoms. The van der Waals surface area contributed by atoms with Crippen molar-refractivity contribution < 1.29 is 4.74 Å². The minimum atomic E-state index is 0.762. The van der Waals surface area contributed by atoms with Crippen LogP contribution < -0.4 is 0 Å².